The third-order valence-corrected chi connectivity index (χ3v) is 5.91. The van der Waals surface area contributed by atoms with Gasteiger partial charge in [0.1, 0.15) is 5.82 Å². The van der Waals surface area contributed by atoms with E-state index in [0.717, 1.165) is 18.2 Å². The summed E-state index contributed by atoms with van der Waals surface area (Å²) in [5.74, 6) is -1.01. The van der Waals surface area contributed by atoms with E-state index in [1.807, 2.05) is 0 Å². The summed E-state index contributed by atoms with van der Waals surface area (Å²) in [5.41, 5.74) is -0.915. The highest BCUT2D eigenvalue weighted by Gasteiger charge is 2.47. The molecule has 4 rings (SSSR count). The van der Waals surface area contributed by atoms with Gasteiger partial charge in [-0.15, -0.1) is 0 Å². The number of carbonyl (C=O) groups is 1. The maximum atomic E-state index is 13.8. The lowest BCUT2D eigenvalue weighted by Gasteiger charge is -2.33. The van der Waals surface area contributed by atoms with Gasteiger partial charge in [-0.2, -0.15) is 31.4 Å². The van der Waals surface area contributed by atoms with Crippen molar-refractivity contribution in [2.45, 2.75) is 30.9 Å². The molecule has 1 aliphatic rings. The molecule has 2 atom stereocenters. The summed E-state index contributed by atoms with van der Waals surface area (Å²) in [6, 6.07) is 9.72. The van der Waals surface area contributed by atoms with E-state index in [0.29, 0.717) is 10.2 Å². The van der Waals surface area contributed by atoms with Gasteiger partial charge in [-0.05, 0) is 39.7 Å². The zero-order chi connectivity index (χ0) is 24.0. The van der Waals surface area contributed by atoms with Crippen LogP contribution < -0.4 is 10.6 Å². The van der Waals surface area contributed by atoms with Crippen LogP contribution in [0.1, 0.15) is 40.1 Å². The molecule has 0 spiro atoms. The Balaban J connectivity index is 1.68. The molecule has 5 nitrogen and oxygen atoms in total. The highest BCUT2D eigenvalue weighted by Crippen LogP contribution is 2.46. The quantitative estimate of drug-likeness (QED) is 0.375. The molecule has 1 aromatic heterocycles. The number of halogens is 7. The zero-order valence-electron chi connectivity index (χ0n) is 16.5. The second kappa shape index (κ2) is 8.40. The predicted molar refractivity (Wildman–Crippen MR) is 112 cm³/mol. The van der Waals surface area contributed by atoms with Gasteiger partial charge in [0, 0.05) is 12.1 Å². The van der Waals surface area contributed by atoms with Crippen molar-refractivity contribution in [3.63, 3.8) is 0 Å². The number of anilines is 2. The minimum absolute atomic E-state index is 0.0261. The van der Waals surface area contributed by atoms with Crippen LogP contribution in [0.25, 0.3) is 0 Å². The maximum absolute atomic E-state index is 13.8. The first kappa shape index (κ1) is 23.1. The molecular weight excluding hydrogens is 518 g/mol. The molecule has 1 amide bonds. The Morgan fingerprint density at radius 3 is 2.39 bits per heavy atom. The number of benzene rings is 2. The van der Waals surface area contributed by atoms with E-state index >= 15 is 0 Å². The Hall–Kier alpha value is -3.02. The molecule has 2 unspecified atom stereocenters. The molecule has 0 radical (unpaired) electrons. The van der Waals surface area contributed by atoms with Crippen LogP contribution >= 0.6 is 15.9 Å². The van der Waals surface area contributed by atoms with Gasteiger partial charge < -0.3 is 10.6 Å². The molecule has 0 aliphatic carbocycles. The van der Waals surface area contributed by atoms with Crippen LogP contribution in [0.2, 0.25) is 0 Å². The molecule has 0 saturated carbocycles. The summed E-state index contributed by atoms with van der Waals surface area (Å²) in [6.45, 7) is 0. The summed E-state index contributed by atoms with van der Waals surface area (Å²) in [7, 11) is 0. The molecule has 1 aliphatic heterocycles. The van der Waals surface area contributed by atoms with Gasteiger partial charge in [0.15, 0.2) is 11.7 Å². The first-order chi connectivity index (χ1) is 15.4. The number of amides is 1. The van der Waals surface area contributed by atoms with Gasteiger partial charge in [-0.1, -0.05) is 36.4 Å². The Kier molecular flexibility index (Phi) is 5.89. The number of nitrogens with one attached hydrogen (secondary N) is 2. The van der Waals surface area contributed by atoms with Crippen LogP contribution in [-0.4, -0.2) is 21.9 Å². The molecule has 2 N–H and O–H groups in total. The Labute approximate surface area is 191 Å². The minimum Gasteiger partial charge on any atom is -0.362 e. The number of carbonyl (C=O) groups excluding carboxylic acids is 1. The summed E-state index contributed by atoms with van der Waals surface area (Å²) < 4.78 is 81.0. The highest BCUT2D eigenvalue weighted by atomic mass is 79.9. The SMILES string of the molecule is O=C(Nc1cccc(C(F)(F)F)c1)c1nn2c(c1Br)NC(c1ccccc1)CC2C(F)(F)F. The molecule has 0 fully saturated rings. The van der Waals surface area contributed by atoms with E-state index in [4.69, 9.17) is 0 Å². The molecular formula is C21H15BrF6N4O. The number of aromatic nitrogens is 2. The van der Waals surface area contributed by atoms with E-state index < -0.39 is 41.6 Å². The Morgan fingerprint density at radius 1 is 1.06 bits per heavy atom. The van der Waals surface area contributed by atoms with E-state index in [9.17, 15) is 31.1 Å². The van der Waals surface area contributed by atoms with Crippen molar-refractivity contribution < 1.29 is 31.1 Å². The van der Waals surface area contributed by atoms with Crippen molar-refractivity contribution in [1.82, 2.24) is 9.78 Å². The number of rotatable bonds is 3. The van der Waals surface area contributed by atoms with Crippen LogP contribution in [0.4, 0.5) is 37.8 Å². The summed E-state index contributed by atoms with van der Waals surface area (Å²) in [4.78, 5) is 12.7. The minimum atomic E-state index is -4.65. The van der Waals surface area contributed by atoms with Gasteiger partial charge >= 0.3 is 12.4 Å². The van der Waals surface area contributed by atoms with E-state index in [1.165, 1.54) is 6.07 Å². The van der Waals surface area contributed by atoms with Crippen molar-refractivity contribution in [1.29, 1.82) is 0 Å². The average molecular weight is 533 g/mol. The highest BCUT2D eigenvalue weighted by molar-refractivity contribution is 9.10. The standard InChI is InChI=1S/C21H15BrF6N4O/c22-16-17(19(33)29-13-8-4-7-12(9-13)20(23,24)25)31-32-15(21(26,27)28)10-14(30-18(16)32)11-5-2-1-3-6-11/h1-9,14-15,30H,10H2,(H,29,33). The third-order valence-electron chi connectivity index (χ3n) is 5.16. The number of hydrogen-bond acceptors (Lipinski definition) is 3. The molecule has 2 aromatic carbocycles. The molecule has 0 saturated heterocycles. The fourth-order valence-corrected chi connectivity index (χ4v) is 4.16. The number of fused-ring (bicyclic) bond motifs is 1. The van der Waals surface area contributed by atoms with E-state index in [2.05, 4.69) is 31.7 Å². The van der Waals surface area contributed by atoms with E-state index in [1.54, 1.807) is 30.3 Å². The van der Waals surface area contributed by atoms with Gasteiger partial charge in [-0.3, -0.25) is 4.79 Å². The Morgan fingerprint density at radius 2 is 1.76 bits per heavy atom. The lowest BCUT2D eigenvalue weighted by molar-refractivity contribution is -0.173. The monoisotopic (exact) mass is 532 g/mol. The first-order valence-electron chi connectivity index (χ1n) is 9.60. The van der Waals surface area contributed by atoms with E-state index in [-0.39, 0.29) is 22.4 Å². The van der Waals surface area contributed by atoms with Crippen LogP contribution in [0, 0.1) is 0 Å². The zero-order valence-corrected chi connectivity index (χ0v) is 18.1. The van der Waals surface area contributed by atoms with Crippen molar-refractivity contribution in [2.24, 2.45) is 0 Å². The van der Waals surface area contributed by atoms with Crippen molar-refractivity contribution in [2.75, 3.05) is 10.6 Å². The lowest BCUT2D eigenvalue weighted by Crippen LogP contribution is -2.35. The second-order valence-corrected chi connectivity index (χ2v) is 8.18. The van der Waals surface area contributed by atoms with Gasteiger partial charge in [-0.25, -0.2) is 4.68 Å². The maximum Gasteiger partial charge on any atom is 0.416 e. The molecule has 2 heterocycles. The third kappa shape index (κ3) is 4.70. The molecule has 174 valence electrons. The van der Waals surface area contributed by atoms with Gasteiger partial charge in [0.05, 0.1) is 16.1 Å². The second-order valence-electron chi connectivity index (χ2n) is 7.39. The van der Waals surface area contributed by atoms with Crippen molar-refractivity contribution in [3.05, 3.63) is 75.9 Å². The molecule has 0 bridgehead atoms. The number of alkyl halides is 6. The van der Waals surface area contributed by atoms with Crippen LogP contribution in [0.5, 0.6) is 0 Å². The van der Waals surface area contributed by atoms with Gasteiger partial charge in [0.2, 0.25) is 0 Å². The van der Waals surface area contributed by atoms with Crippen molar-refractivity contribution >= 4 is 33.3 Å². The predicted octanol–water partition coefficient (Wildman–Crippen LogP) is 6.58. The van der Waals surface area contributed by atoms with Gasteiger partial charge in [0.25, 0.3) is 5.91 Å². The summed E-state index contributed by atoms with van der Waals surface area (Å²) in [5, 5.41) is 9.09. The normalized spacial score (nSPS) is 18.4. The molecule has 12 heteroatoms. The average Bonchev–Trinajstić information content (AvgIpc) is 3.09. The first-order valence-corrected chi connectivity index (χ1v) is 10.4. The lowest BCUT2D eigenvalue weighted by atomic mass is 9.97. The summed E-state index contributed by atoms with van der Waals surface area (Å²) in [6.07, 6.45) is -9.63. The fourth-order valence-electron chi connectivity index (χ4n) is 3.60. The topological polar surface area (TPSA) is 59.0 Å². The van der Waals surface area contributed by atoms with Crippen LogP contribution in [0.15, 0.2) is 59.1 Å². The largest absolute Gasteiger partial charge is 0.416 e. The van der Waals surface area contributed by atoms with Crippen LogP contribution in [-0.2, 0) is 6.18 Å². The number of nitrogens with zero attached hydrogens (tertiary/aromatic N) is 2. The summed E-state index contributed by atoms with van der Waals surface area (Å²) >= 11 is 3.14. The van der Waals surface area contributed by atoms with Crippen molar-refractivity contribution in [3.8, 4) is 0 Å². The molecule has 3 aromatic rings. The fraction of sp³-hybridized carbons (Fsp3) is 0.238. The molecule has 33 heavy (non-hydrogen) atoms. The van der Waals surface area contributed by atoms with Crippen LogP contribution in [0.3, 0.4) is 0 Å². The smallest absolute Gasteiger partial charge is 0.362 e. The Bertz CT molecular complexity index is 1180. The number of hydrogen-bond donors (Lipinski definition) is 2.